The Labute approximate surface area is 98.8 Å². The number of alkyl halides is 3. The van der Waals surface area contributed by atoms with E-state index >= 15 is 0 Å². The fourth-order valence-electron chi connectivity index (χ4n) is 2.88. The van der Waals surface area contributed by atoms with Gasteiger partial charge < -0.3 is 9.47 Å². The summed E-state index contributed by atoms with van der Waals surface area (Å²) in [4.78, 5) is 0. The lowest BCUT2D eigenvalue weighted by Crippen LogP contribution is -2.39. The van der Waals surface area contributed by atoms with E-state index in [0.717, 1.165) is 12.8 Å². The molecule has 0 N–H and O–H groups in total. The zero-order chi connectivity index (χ0) is 12.7. The van der Waals surface area contributed by atoms with E-state index in [1.165, 1.54) is 0 Å². The first-order valence-corrected chi connectivity index (χ1v) is 5.83. The molecule has 0 bridgehead atoms. The van der Waals surface area contributed by atoms with Gasteiger partial charge in [0.25, 0.3) is 0 Å². The van der Waals surface area contributed by atoms with Gasteiger partial charge in [-0.15, -0.1) is 6.58 Å². The Kier molecular flexibility index (Phi) is 3.02. The average Bonchev–Trinajstić information content (AvgIpc) is 2.68. The Morgan fingerprint density at radius 1 is 1.53 bits per heavy atom. The van der Waals surface area contributed by atoms with Gasteiger partial charge in [-0.3, -0.25) is 0 Å². The molecule has 17 heavy (non-hydrogen) atoms. The van der Waals surface area contributed by atoms with Crippen molar-refractivity contribution in [3.8, 4) is 0 Å². The second kappa shape index (κ2) is 3.99. The van der Waals surface area contributed by atoms with Gasteiger partial charge in [0.05, 0.1) is 5.60 Å². The Hall–Kier alpha value is -0.550. The molecule has 2 fully saturated rings. The molecule has 1 aliphatic heterocycles. The van der Waals surface area contributed by atoms with Gasteiger partial charge in [-0.2, -0.15) is 13.2 Å². The Morgan fingerprint density at radius 2 is 2.24 bits per heavy atom. The van der Waals surface area contributed by atoms with Crippen LogP contribution in [0.2, 0.25) is 0 Å². The monoisotopic (exact) mass is 250 g/mol. The third kappa shape index (κ3) is 2.50. The van der Waals surface area contributed by atoms with Crippen molar-refractivity contribution in [2.75, 3.05) is 6.61 Å². The van der Waals surface area contributed by atoms with Crippen LogP contribution in [0.15, 0.2) is 12.7 Å². The quantitative estimate of drug-likeness (QED) is 0.714. The fraction of sp³-hybridized carbons (Fsp3) is 0.833. The summed E-state index contributed by atoms with van der Waals surface area (Å²) in [7, 11) is 0. The third-order valence-electron chi connectivity index (χ3n) is 3.67. The second-order valence-corrected chi connectivity index (χ2v) is 5.13. The van der Waals surface area contributed by atoms with Gasteiger partial charge in [-0.05, 0) is 26.2 Å². The highest BCUT2D eigenvalue weighted by molar-refractivity contribution is 5.07. The molecule has 2 rings (SSSR count). The van der Waals surface area contributed by atoms with Crippen LogP contribution in [0.4, 0.5) is 13.2 Å². The molecule has 98 valence electrons. The molecule has 0 radical (unpaired) electrons. The predicted octanol–water partition coefficient (Wildman–Crippen LogP) is 3.43. The minimum atomic E-state index is -4.31. The molecule has 1 heterocycles. The van der Waals surface area contributed by atoms with Gasteiger partial charge >= 0.3 is 6.18 Å². The maximum Gasteiger partial charge on any atom is 0.411 e. The summed E-state index contributed by atoms with van der Waals surface area (Å²) in [6.07, 6.45) is 0.297. The summed E-state index contributed by atoms with van der Waals surface area (Å²) in [5.74, 6) is -0.994. The molecular weight excluding hydrogens is 233 g/mol. The molecule has 1 saturated carbocycles. The Balaban J connectivity index is 2.09. The van der Waals surface area contributed by atoms with Crippen molar-refractivity contribution in [3.05, 3.63) is 12.7 Å². The second-order valence-electron chi connectivity index (χ2n) is 5.13. The summed E-state index contributed by atoms with van der Waals surface area (Å²) >= 11 is 0. The van der Waals surface area contributed by atoms with E-state index < -0.39 is 24.2 Å². The van der Waals surface area contributed by atoms with Gasteiger partial charge in [0.15, 0.2) is 5.79 Å². The van der Waals surface area contributed by atoms with E-state index in [4.69, 9.17) is 9.47 Å². The Bertz CT molecular complexity index is 315. The SMILES string of the molecule is C=C[C@@]1(C)C[C@H]2CCC[C@@]2(OCC(F)(F)F)O1. The van der Waals surface area contributed by atoms with Crippen molar-refractivity contribution in [1.82, 2.24) is 0 Å². The van der Waals surface area contributed by atoms with Crippen molar-refractivity contribution in [2.24, 2.45) is 5.92 Å². The van der Waals surface area contributed by atoms with Crippen molar-refractivity contribution >= 4 is 0 Å². The molecule has 2 nitrogen and oxygen atoms in total. The Morgan fingerprint density at radius 3 is 2.82 bits per heavy atom. The lowest BCUT2D eigenvalue weighted by Gasteiger charge is -2.31. The molecule has 0 aromatic carbocycles. The van der Waals surface area contributed by atoms with Crippen LogP contribution in [0.3, 0.4) is 0 Å². The number of halogens is 3. The number of ether oxygens (including phenoxy) is 2. The zero-order valence-corrected chi connectivity index (χ0v) is 9.85. The van der Waals surface area contributed by atoms with Crippen LogP contribution in [-0.2, 0) is 9.47 Å². The normalized spacial score (nSPS) is 41.5. The molecule has 0 unspecified atom stereocenters. The predicted molar refractivity (Wildman–Crippen MR) is 56.4 cm³/mol. The van der Waals surface area contributed by atoms with E-state index in [1.54, 1.807) is 6.08 Å². The van der Waals surface area contributed by atoms with Crippen LogP contribution in [0.1, 0.15) is 32.6 Å². The van der Waals surface area contributed by atoms with Crippen LogP contribution in [0.25, 0.3) is 0 Å². The van der Waals surface area contributed by atoms with Crippen LogP contribution >= 0.6 is 0 Å². The van der Waals surface area contributed by atoms with Crippen molar-refractivity contribution < 1.29 is 22.6 Å². The van der Waals surface area contributed by atoms with Crippen molar-refractivity contribution in [1.29, 1.82) is 0 Å². The molecular formula is C12H17F3O2. The van der Waals surface area contributed by atoms with Crippen LogP contribution in [-0.4, -0.2) is 24.2 Å². The van der Waals surface area contributed by atoms with E-state index in [9.17, 15) is 13.2 Å². The summed E-state index contributed by atoms with van der Waals surface area (Å²) in [5, 5.41) is 0. The molecule has 3 atom stereocenters. The van der Waals surface area contributed by atoms with Crippen LogP contribution < -0.4 is 0 Å². The number of rotatable bonds is 3. The van der Waals surface area contributed by atoms with E-state index in [1.807, 2.05) is 6.92 Å². The minimum Gasteiger partial charge on any atom is -0.340 e. The lowest BCUT2D eigenvalue weighted by atomic mass is 9.93. The first-order chi connectivity index (χ1) is 7.79. The number of hydrogen-bond acceptors (Lipinski definition) is 2. The summed E-state index contributed by atoms with van der Waals surface area (Å²) in [5.41, 5.74) is -0.559. The first-order valence-electron chi connectivity index (χ1n) is 5.83. The third-order valence-corrected chi connectivity index (χ3v) is 3.67. The molecule has 0 aromatic heterocycles. The number of fused-ring (bicyclic) bond motifs is 1. The van der Waals surface area contributed by atoms with E-state index in [0.29, 0.717) is 12.8 Å². The van der Waals surface area contributed by atoms with Gasteiger partial charge in [-0.25, -0.2) is 0 Å². The minimum absolute atomic E-state index is 0.0489. The summed E-state index contributed by atoms with van der Waals surface area (Å²) in [6, 6.07) is 0. The highest BCUT2D eigenvalue weighted by atomic mass is 19.4. The molecule has 0 spiro atoms. The van der Waals surface area contributed by atoms with Gasteiger partial charge in [-0.1, -0.05) is 6.08 Å². The molecule has 2 aliphatic rings. The maximum atomic E-state index is 12.2. The van der Waals surface area contributed by atoms with Gasteiger partial charge in [0.1, 0.15) is 6.61 Å². The molecule has 0 aromatic rings. The molecule has 1 aliphatic carbocycles. The highest BCUT2D eigenvalue weighted by Gasteiger charge is 2.57. The molecule has 0 amide bonds. The average molecular weight is 250 g/mol. The van der Waals surface area contributed by atoms with Gasteiger partial charge in [0, 0.05) is 12.3 Å². The molecule has 5 heteroatoms. The van der Waals surface area contributed by atoms with Crippen LogP contribution in [0, 0.1) is 5.92 Å². The topological polar surface area (TPSA) is 18.5 Å². The number of hydrogen-bond donors (Lipinski definition) is 0. The zero-order valence-electron chi connectivity index (χ0n) is 9.85. The highest BCUT2D eigenvalue weighted by Crippen LogP contribution is 2.53. The van der Waals surface area contributed by atoms with Crippen molar-refractivity contribution in [3.63, 3.8) is 0 Å². The largest absolute Gasteiger partial charge is 0.411 e. The van der Waals surface area contributed by atoms with Gasteiger partial charge in [0.2, 0.25) is 0 Å². The first kappa shape index (κ1) is 12.9. The standard InChI is InChI=1S/C12H17F3O2/c1-3-10(2)7-9-5-4-6-11(9,17-10)16-8-12(13,14)15/h3,9H,1,4-8H2,2H3/t9-,10+,11-/m1/s1. The van der Waals surface area contributed by atoms with Crippen molar-refractivity contribution in [2.45, 2.75) is 50.2 Å². The summed E-state index contributed by atoms with van der Waals surface area (Å²) < 4.78 is 47.6. The summed E-state index contributed by atoms with van der Waals surface area (Å²) in [6.45, 7) is 4.28. The van der Waals surface area contributed by atoms with E-state index in [-0.39, 0.29) is 5.92 Å². The van der Waals surface area contributed by atoms with Crippen LogP contribution in [0.5, 0.6) is 0 Å². The maximum absolute atomic E-state index is 12.2. The van der Waals surface area contributed by atoms with E-state index in [2.05, 4.69) is 6.58 Å². The molecule has 1 saturated heterocycles. The fourth-order valence-corrected chi connectivity index (χ4v) is 2.88. The lowest BCUT2D eigenvalue weighted by molar-refractivity contribution is -0.290. The smallest absolute Gasteiger partial charge is 0.340 e.